The standard InChI is InChI=1S/C21H33IN8O3Si/c1-21(2,3)34(6,7)32-10-16-15(31-13-27-28-23)8-17(33-16)30-9-14(22)18-19(26-12-29(4)5)24-11-25-20(18)30/h9,11-12,15-17H,8,10,13H2,1-7H3/t15?,16-,17-/m1/s1. The monoisotopic (exact) mass is 600 g/mol. The van der Waals surface area contributed by atoms with E-state index in [9.17, 15) is 0 Å². The predicted octanol–water partition coefficient (Wildman–Crippen LogP) is 5.22. The minimum atomic E-state index is -1.97. The molecule has 11 nitrogen and oxygen atoms in total. The van der Waals surface area contributed by atoms with Crippen molar-refractivity contribution < 1.29 is 13.9 Å². The molecule has 0 N–H and O–H groups in total. The molecule has 13 heteroatoms. The van der Waals surface area contributed by atoms with Gasteiger partial charge in [-0.25, -0.2) is 15.0 Å². The van der Waals surface area contributed by atoms with Crippen molar-refractivity contribution in [3.8, 4) is 0 Å². The quantitative estimate of drug-likeness (QED) is 0.0740. The van der Waals surface area contributed by atoms with Crippen LogP contribution in [0.15, 0.2) is 22.6 Å². The zero-order valence-corrected chi connectivity index (χ0v) is 23.9. The molecule has 0 spiro atoms. The Bertz CT molecular complexity index is 1080. The zero-order valence-electron chi connectivity index (χ0n) is 20.8. The number of aromatic nitrogens is 3. The van der Waals surface area contributed by atoms with Crippen LogP contribution in [0, 0.1) is 3.57 Å². The van der Waals surface area contributed by atoms with E-state index in [0.29, 0.717) is 18.8 Å². The van der Waals surface area contributed by atoms with Crippen LogP contribution < -0.4 is 0 Å². The largest absolute Gasteiger partial charge is 0.414 e. The molecule has 1 aliphatic heterocycles. The molecule has 3 rings (SSSR count). The first-order valence-electron chi connectivity index (χ1n) is 11.1. The van der Waals surface area contributed by atoms with Crippen LogP contribution in [0.5, 0.6) is 0 Å². The summed E-state index contributed by atoms with van der Waals surface area (Å²) in [5.74, 6) is 0.605. The summed E-state index contributed by atoms with van der Waals surface area (Å²) in [6.07, 6.45) is 4.93. The van der Waals surface area contributed by atoms with Gasteiger partial charge in [0.2, 0.25) is 0 Å². The number of rotatable bonds is 9. The molecule has 1 aliphatic rings. The number of halogens is 1. The topological polar surface area (TPSA) is 123 Å². The van der Waals surface area contributed by atoms with Crippen molar-refractivity contribution in [1.82, 2.24) is 19.4 Å². The second kappa shape index (κ2) is 10.9. The van der Waals surface area contributed by atoms with E-state index in [4.69, 9.17) is 19.4 Å². The summed E-state index contributed by atoms with van der Waals surface area (Å²) in [7, 11) is 1.85. The molecule has 0 aliphatic carbocycles. The molecule has 3 heterocycles. The number of ether oxygens (including phenoxy) is 2. The van der Waals surface area contributed by atoms with Gasteiger partial charge in [-0.05, 0) is 46.3 Å². The molecule has 0 bridgehead atoms. The van der Waals surface area contributed by atoms with E-state index in [1.807, 2.05) is 29.8 Å². The van der Waals surface area contributed by atoms with Gasteiger partial charge in [-0.3, -0.25) is 0 Å². The first-order chi connectivity index (χ1) is 15.9. The molecular formula is C21H33IN8O3Si. The van der Waals surface area contributed by atoms with Crippen LogP contribution in [0.3, 0.4) is 0 Å². The summed E-state index contributed by atoms with van der Waals surface area (Å²) in [6, 6.07) is 0. The van der Waals surface area contributed by atoms with Gasteiger partial charge in [0.05, 0.1) is 24.4 Å². The molecule has 0 radical (unpaired) electrons. The van der Waals surface area contributed by atoms with Crippen molar-refractivity contribution in [3.63, 3.8) is 0 Å². The summed E-state index contributed by atoms with van der Waals surface area (Å²) in [5.41, 5.74) is 9.40. The van der Waals surface area contributed by atoms with Crippen LogP contribution in [0.2, 0.25) is 18.1 Å². The average molecular weight is 601 g/mol. The number of hydrogen-bond acceptors (Lipinski definition) is 7. The molecule has 0 saturated carbocycles. The lowest BCUT2D eigenvalue weighted by atomic mass is 10.2. The lowest BCUT2D eigenvalue weighted by Crippen LogP contribution is -2.44. The van der Waals surface area contributed by atoms with Crippen molar-refractivity contribution in [1.29, 1.82) is 0 Å². The third kappa shape index (κ3) is 6.07. The highest BCUT2D eigenvalue weighted by Gasteiger charge is 2.42. The van der Waals surface area contributed by atoms with Crippen LogP contribution in [0.25, 0.3) is 21.5 Å². The fraction of sp³-hybridized carbons (Fsp3) is 0.667. The lowest BCUT2D eigenvalue weighted by Gasteiger charge is -2.37. The summed E-state index contributed by atoms with van der Waals surface area (Å²) in [6.45, 7) is 11.4. The fourth-order valence-electron chi connectivity index (χ4n) is 3.37. The Morgan fingerprint density at radius 1 is 1.38 bits per heavy atom. The molecule has 1 saturated heterocycles. The van der Waals surface area contributed by atoms with E-state index in [-0.39, 0.29) is 30.2 Å². The van der Waals surface area contributed by atoms with E-state index in [2.05, 4.69) is 81.4 Å². The Balaban J connectivity index is 1.88. The highest BCUT2D eigenvalue weighted by molar-refractivity contribution is 14.1. The molecular weight excluding hydrogens is 567 g/mol. The molecule has 1 unspecified atom stereocenters. The predicted molar refractivity (Wildman–Crippen MR) is 143 cm³/mol. The maximum absolute atomic E-state index is 8.66. The van der Waals surface area contributed by atoms with Gasteiger partial charge in [-0.15, -0.1) is 0 Å². The van der Waals surface area contributed by atoms with Crippen LogP contribution in [-0.2, 0) is 13.9 Å². The molecule has 0 amide bonds. The number of fused-ring (bicyclic) bond motifs is 1. The number of aliphatic imine (C=N–C) groups is 1. The maximum atomic E-state index is 8.66. The van der Waals surface area contributed by atoms with Gasteiger partial charge in [-0.1, -0.05) is 25.9 Å². The maximum Gasteiger partial charge on any atom is 0.192 e. The van der Waals surface area contributed by atoms with E-state index < -0.39 is 8.32 Å². The number of nitrogens with zero attached hydrogens (tertiary/aromatic N) is 8. The Morgan fingerprint density at radius 2 is 2.12 bits per heavy atom. The van der Waals surface area contributed by atoms with Crippen LogP contribution in [0.1, 0.15) is 33.4 Å². The van der Waals surface area contributed by atoms with Crippen molar-refractivity contribution in [2.24, 2.45) is 10.1 Å². The van der Waals surface area contributed by atoms with E-state index >= 15 is 0 Å². The van der Waals surface area contributed by atoms with E-state index in [1.165, 1.54) is 6.33 Å². The molecule has 34 heavy (non-hydrogen) atoms. The molecule has 2 aromatic heterocycles. The van der Waals surface area contributed by atoms with Gasteiger partial charge in [0.15, 0.2) is 14.1 Å². The van der Waals surface area contributed by atoms with Gasteiger partial charge in [0.25, 0.3) is 0 Å². The highest BCUT2D eigenvalue weighted by atomic mass is 127. The van der Waals surface area contributed by atoms with Crippen molar-refractivity contribution >= 4 is 54.1 Å². The third-order valence-corrected chi connectivity index (χ3v) is 11.6. The third-order valence-electron chi connectivity index (χ3n) is 6.27. The Labute approximate surface area is 214 Å². The van der Waals surface area contributed by atoms with E-state index in [0.717, 1.165) is 14.6 Å². The van der Waals surface area contributed by atoms with Crippen molar-refractivity contribution in [2.45, 2.75) is 63.8 Å². The molecule has 1 fully saturated rings. The minimum Gasteiger partial charge on any atom is -0.414 e. The van der Waals surface area contributed by atoms with E-state index in [1.54, 1.807) is 6.34 Å². The van der Waals surface area contributed by atoms with Crippen LogP contribution in [0.4, 0.5) is 5.82 Å². The smallest absolute Gasteiger partial charge is 0.192 e. The molecule has 2 aromatic rings. The number of azide groups is 1. The zero-order chi connectivity index (χ0) is 25.1. The molecule has 3 atom stereocenters. The molecule has 186 valence electrons. The number of hydrogen-bond donors (Lipinski definition) is 0. The second-order valence-corrected chi connectivity index (χ2v) is 16.0. The van der Waals surface area contributed by atoms with Gasteiger partial charge in [0, 0.05) is 35.2 Å². The fourth-order valence-corrected chi connectivity index (χ4v) is 5.17. The van der Waals surface area contributed by atoms with Crippen LogP contribution >= 0.6 is 22.6 Å². The van der Waals surface area contributed by atoms with Gasteiger partial charge in [0.1, 0.15) is 31.0 Å². The first-order valence-corrected chi connectivity index (χ1v) is 15.1. The second-order valence-electron chi connectivity index (χ2n) is 9.99. The van der Waals surface area contributed by atoms with Gasteiger partial charge >= 0.3 is 0 Å². The minimum absolute atomic E-state index is 0.0522. The van der Waals surface area contributed by atoms with Gasteiger partial charge < -0.3 is 23.4 Å². The van der Waals surface area contributed by atoms with Crippen LogP contribution in [-0.4, -0.2) is 73.7 Å². The summed E-state index contributed by atoms with van der Waals surface area (Å²) in [4.78, 5) is 18.0. The Hall–Kier alpha value is -1.77. The summed E-state index contributed by atoms with van der Waals surface area (Å²) >= 11 is 2.27. The molecule has 0 aromatic carbocycles. The summed E-state index contributed by atoms with van der Waals surface area (Å²) in [5, 5.41) is 4.49. The normalized spacial score (nSPS) is 21.4. The summed E-state index contributed by atoms with van der Waals surface area (Å²) < 4.78 is 21.7. The Morgan fingerprint density at radius 3 is 2.76 bits per heavy atom. The van der Waals surface area contributed by atoms with Gasteiger partial charge in [-0.2, -0.15) is 0 Å². The Kier molecular flexibility index (Phi) is 8.58. The van der Waals surface area contributed by atoms with Crippen molar-refractivity contribution in [3.05, 3.63) is 26.5 Å². The highest BCUT2D eigenvalue weighted by Crippen LogP contribution is 2.40. The lowest BCUT2D eigenvalue weighted by molar-refractivity contribution is -0.0568. The SMILES string of the molecule is CN(C)C=Nc1ncnc2c1c(I)cn2[C@H]1CC(OCN=[N+]=[N-])[C@@H](CO[Si](C)(C)C(C)(C)C)O1. The average Bonchev–Trinajstić information content (AvgIpc) is 3.31. The van der Waals surface area contributed by atoms with Crippen molar-refractivity contribution in [2.75, 3.05) is 27.4 Å². The first kappa shape index (κ1) is 26.8.